The molecular formula is C7H10N2O2. The van der Waals surface area contributed by atoms with Crippen molar-refractivity contribution in [1.29, 1.82) is 0 Å². The van der Waals surface area contributed by atoms with Gasteiger partial charge in [0.25, 0.3) is 0 Å². The van der Waals surface area contributed by atoms with Crippen molar-refractivity contribution >= 4 is 5.91 Å². The van der Waals surface area contributed by atoms with Crippen LogP contribution >= 0.6 is 0 Å². The number of nitrogens with zero attached hydrogens (tertiary/aromatic N) is 1. The van der Waals surface area contributed by atoms with E-state index in [4.69, 9.17) is 0 Å². The summed E-state index contributed by atoms with van der Waals surface area (Å²) in [6.45, 7) is 4.85. The maximum absolute atomic E-state index is 11.0. The van der Waals surface area contributed by atoms with Crippen molar-refractivity contribution < 1.29 is 4.79 Å². The number of rotatable bonds is 0. The van der Waals surface area contributed by atoms with Gasteiger partial charge in [-0.2, -0.15) is 0 Å². The van der Waals surface area contributed by atoms with Crippen molar-refractivity contribution in [3.63, 3.8) is 0 Å². The van der Waals surface area contributed by atoms with Crippen LogP contribution in [0.5, 0.6) is 0 Å². The average molecular weight is 154 g/mol. The first-order valence-electron chi connectivity index (χ1n) is 3.33. The highest BCUT2D eigenvalue weighted by Gasteiger charge is 2.08. The molecule has 1 rings (SSSR count). The first-order valence-corrected chi connectivity index (χ1v) is 3.33. The van der Waals surface area contributed by atoms with Gasteiger partial charge in [0.2, 0.25) is 5.91 Å². The van der Waals surface area contributed by atoms with Gasteiger partial charge in [-0.1, -0.05) is 0 Å². The zero-order valence-corrected chi connectivity index (χ0v) is 6.76. The Hall–Kier alpha value is -1.32. The predicted molar refractivity (Wildman–Crippen MR) is 40.8 cm³/mol. The Morgan fingerprint density at radius 3 is 2.18 bits per heavy atom. The lowest BCUT2D eigenvalue weighted by Gasteiger charge is -1.95. The Labute approximate surface area is 63.9 Å². The normalized spacial score (nSPS) is 10.1. The van der Waals surface area contributed by atoms with Gasteiger partial charge >= 0.3 is 5.69 Å². The highest BCUT2D eigenvalue weighted by molar-refractivity contribution is 5.76. The molecule has 0 aromatic carbocycles. The topological polar surface area (TPSA) is 54.9 Å². The lowest BCUT2D eigenvalue weighted by molar-refractivity contribution is 0.0930. The fourth-order valence-electron chi connectivity index (χ4n) is 1.01. The number of aromatic amines is 1. The standard InChI is InChI=1S/C7H10N2O2/c1-4-5(2)9(6(3)10)7(11)8-4/h1-3H3,(H,8,11). The molecule has 0 bridgehead atoms. The summed E-state index contributed by atoms with van der Waals surface area (Å²) >= 11 is 0. The van der Waals surface area contributed by atoms with E-state index < -0.39 is 0 Å². The molecule has 11 heavy (non-hydrogen) atoms. The van der Waals surface area contributed by atoms with Crippen molar-refractivity contribution in [1.82, 2.24) is 9.55 Å². The average Bonchev–Trinajstić information content (AvgIpc) is 2.07. The predicted octanol–water partition coefficient (Wildman–Crippen LogP) is 0.453. The van der Waals surface area contributed by atoms with Crippen LogP contribution in [0.3, 0.4) is 0 Å². The van der Waals surface area contributed by atoms with Crippen LogP contribution in [0.4, 0.5) is 0 Å². The van der Waals surface area contributed by atoms with Gasteiger partial charge in [0, 0.05) is 18.3 Å². The summed E-state index contributed by atoms with van der Waals surface area (Å²) in [7, 11) is 0. The van der Waals surface area contributed by atoms with E-state index in [-0.39, 0.29) is 11.6 Å². The molecule has 0 unspecified atom stereocenters. The zero-order chi connectivity index (χ0) is 8.59. The van der Waals surface area contributed by atoms with E-state index >= 15 is 0 Å². The van der Waals surface area contributed by atoms with Crippen LogP contribution in [0.1, 0.15) is 23.1 Å². The molecule has 0 aliphatic rings. The van der Waals surface area contributed by atoms with Gasteiger partial charge in [0.05, 0.1) is 0 Å². The van der Waals surface area contributed by atoms with Crippen molar-refractivity contribution in [2.45, 2.75) is 20.8 Å². The second-order valence-electron chi connectivity index (χ2n) is 2.49. The molecule has 0 fully saturated rings. The number of aryl methyl sites for hydroxylation is 1. The molecule has 4 heteroatoms. The third kappa shape index (κ3) is 1.11. The summed E-state index contributed by atoms with van der Waals surface area (Å²) in [5, 5.41) is 0. The van der Waals surface area contributed by atoms with Crippen molar-refractivity contribution in [2.75, 3.05) is 0 Å². The monoisotopic (exact) mass is 154 g/mol. The molecule has 0 amide bonds. The van der Waals surface area contributed by atoms with E-state index in [1.54, 1.807) is 13.8 Å². The van der Waals surface area contributed by atoms with Crippen LogP contribution < -0.4 is 5.69 Å². The van der Waals surface area contributed by atoms with Crippen LogP contribution in [-0.2, 0) is 0 Å². The summed E-state index contributed by atoms with van der Waals surface area (Å²) in [4.78, 5) is 24.4. The fraction of sp³-hybridized carbons (Fsp3) is 0.429. The van der Waals surface area contributed by atoms with Crippen molar-refractivity contribution in [3.05, 3.63) is 21.9 Å². The molecule has 1 N–H and O–H groups in total. The van der Waals surface area contributed by atoms with E-state index in [0.29, 0.717) is 5.69 Å². The highest BCUT2D eigenvalue weighted by Crippen LogP contribution is 1.98. The Balaban J connectivity index is 3.46. The van der Waals surface area contributed by atoms with Crippen molar-refractivity contribution in [3.8, 4) is 0 Å². The van der Waals surface area contributed by atoms with Crippen LogP contribution in [0.2, 0.25) is 0 Å². The Bertz CT molecular complexity index is 346. The third-order valence-electron chi connectivity index (χ3n) is 1.69. The zero-order valence-electron chi connectivity index (χ0n) is 6.76. The molecule has 0 spiro atoms. The number of hydrogen-bond donors (Lipinski definition) is 1. The first-order chi connectivity index (χ1) is 5.04. The lowest BCUT2D eigenvalue weighted by atomic mass is 10.4. The molecule has 0 atom stereocenters. The summed E-state index contributed by atoms with van der Waals surface area (Å²) < 4.78 is 1.12. The minimum Gasteiger partial charge on any atom is -0.309 e. The molecule has 0 saturated heterocycles. The summed E-state index contributed by atoms with van der Waals surface area (Å²) in [6, 6.07) is 0. The van der Waals surface area contributed by atoms with E-state index in [1.807, 2.05) is 0 Å². The van der Waals surface area contributed by atoms with Crippen LogP contribution in [0.25, 0.3) is 0 Å². The summed E-state index contributed by atoms with van der Waals surface area (Å²) in [6.07, 6.45) is 0. The van der Waals surface area contributed by atoms with Crippen molar-refractivity contribution in [2.24, 2.45) is 0 Å². The maximum Gasteiger partial charge on any atom is 0.332 e. The van der Waals surface area contributed by atoms with Gasteiger partial charge in [0.15, 0.2) is 0 Å². The third-order valence-corrected chi connectivity index (χ3v) is 1.69. The number of H-pyrrole nitrogens is 1. The lowest BCUT2D eigenvalue weighted by Crippen LogP contribution is -2.22. The second-order valence-corrected chi connectivity index (χ2v) is 2.49. The van der Waals surface area contributed by atoms with Gasteiger partial charge in [-0.15, -0.1) is 0 Å². The summed E-state index contributed by atoms with van der Waals surface area (Å²) in [5.41, 5.74) is 1.07. The quantitative estimate of drug-likeness (QED) is 0.590. The number of carbonyl (C=O) groups is 1. The van der Waals surface area contributed by atoms with E-state index in [1.165, 1.54) is 6.92 Å². The molecule has 0 radical (unpaired) electrons. The van der Waals surface area contributed by atoms with Crippen LogP contribution in [-0.4, -0.2) is 15.5 Å². The largest absolute Gasteiger partial charge is 0.332 e. The molecule has 0 saturated carbocycles. The first kappa shape index (κ1) is 7.78. The number of carbonyl (C=O) groups excluding carboxylic acids is 1. The molecule has 4 nitrogen and oxygen atoms in total. The number of hydrogen-bond acceptors (Lipinski definition) is 2. The molecule has 1 heterocycles. The molecule has 1 aromatic heterocycles. The minimum absolute atomic E-state index is 0.253. The van der Waals surface area contributed by atoms with Gasteiger partial charge in [-0.3, -0.25) is 4.79 Å². The Morgan fingerprint density at radius 1 is 1.45 bits per heavy atom. The van der Waals surface area contributed by atoms with Crippen LogP contribution in [0, 0.1) is 13.8 Å². The molecular weight excluding hydrogens is 144 g/mol. The number of nitrogens with one attached hydrogen (secondary N) is 1. The van der Waals surface area contributed by atoms with Gasteiger partial charge in [-0.25, -0.2) is 9.36 Å². The maximum atomic E-state index is 11.0. The van der Waals surface area contributed by atoms with Gasteiger partial charge < -0.3 is 4.98 Å². The minimum atomic E-state index is -0.354. The fourth-order valence-corrected chi connectivity index (χ4v) is 1.01. The Morgan fingerprint density at radius 2 is 2.00 bits per heavy atom. The molecule has 0 aliphatic heterocycles. The molecule has 60 valence electrons. The number of aromatic nitrogens is 2. The number of imidazole rings is 1. The highest BCUT2D eigenvalue weighted by atomic mass is 16.2. The van der Waals surface area contributed by atoms with E-state index in [2.05, 4.69) is 4.98 Å². The molecule has 0 aliphatic carbocycles. The Kier molecular flexibility index (Phi) is 1.68. The van der Waals surface area contributed by atoms with Crippen LogP contribution in [0.15, 0.2) is 4.79 Å². The van der Waals surface area contributed by atoms with E-state index in [0.717, 1.165) is 10.3 Å². The summed E-state index contributed by atoms with van der Waals surface area (Å²) in [5.74, 6) is -0.253. The SMILES string of the molecule is CC(=O)n1c(C)c(C)[nH]c1=O. The molecule has 1 aromatic rings. The van der Waals surface area contributed by atoms with Gasteiger partial charge in [-0.05, 0) is 13.8 Å². The smallest absolute Gasteiger partial charge is 0.309 e. The van der Waals surface area contributed by atoms with E-state index in [9.17, 15) is 9.59 Å². The van der Waals surface area contributed by atoms with Gasteiger partial charge in [0.1, 0.15) is 0 Å². The second kappa shape index (κ2) is 2.38.